The first-order valence-corrected chi connectivity index (χ1v) is 7.29. The number of benzene rings is 1. The molecule has 1 rings (SSSR count). The minimum atomic E-state index is 0.342. The van der Waals surface area contributed by atoms with Gasteiger partial charge in [0, 0.05) is 30.4 Å². The van der Waals surface area contributed by atoms with Crippen molar-refractivity contribution in [3.05, 3.63) is 23.8 Å². The van der Waals surface area contributed by atoms with Gasteiger partial charge in [0.25, 0.3) is 0 Å². The summed E-state index contributed by atoms with van der Waals surface area (Å²) < 4.78 is 0. The maximum atomic E-state index is 9.96. The third kappa shape index (κ3) is 4.75. The van der Waals surface area contributed by atoms with Crippen LogP contribution in [0.2, 0.25) is 0 Å². The van der Waals surface area contributed by atoms with E-state index < -0.39 is 0 Å². The van der Waals surface area contributed by atoms with E-state index in [9.17, 15) is 5.11 Å². The van der Waals surface area contributed by atoms with Crippen LogP contribution >= 0.6 is 0 Å². The largest absolute Gasteiger partial charge is 0.508 e. The highest BCUT2D eigenvalue weighted by Crippen LogP contribution is 2.24. The molecule has 3 nitrogen and oxygen atoms in total. The lowest BCUT2D eigenvalue weighted by Gasteiger charge is -2.32. The number of hydrogen-bond donors (Lipinski definition) is 2. The van der Waals surface area contributed by atoms with Crippen LogP contribution in [0.1, 0.15) is 46.1 Å². The van der Waals surface area contributed by atoms with Crippen molar-refractivity contribution in [1.29, 1.82) is 0 Å². The van der Waals surface area contributed by atoms with Crippen LogP contribution in [0.15, 0.2) is 18.2 Å². The van der Waals surface area contributed by atoms with Crippen LogP contribution in [0.4, 0.5) is 5.69 Å². The van der Waals surface area contributed by atoms with E-state index in [1.807, 2.05) is 6.07 Å². The summed E-state index contributed by atoms with van der Waals surface area (Å²) in [5.41, 5.74) is 7.45. The molecule has 0 fully saturated rings. The molecule has 0 heterocycles. The third-order valence-electron chi connectivity index (χ3n) is 3.54. The Kier molecular flexibility index (Phi) is 6.16. The zero-order valence-corrected chi connectivity index (χ0v) is 12.7. The number of phenols is 1. The molecule has 0 bridgehead atoms. The number of rotatable bonds is 7. The van der Waals surface area contributed by atoms with Gasteiger partial charge in [-0.2, -0.15) is 0 Å². The van der Waals surface area contributed by atoms with Crippen molar-refractivity contribution in [1.82, 2.24) is 4.90 Å². The minimum absolute atomic E-state index is 0.342. The first-order valence-electron chi connectivity index (χ1n) is 7.29. The van der Waals surface area contributed by atoms with Crippen molar-refractivity contribution < 1.29 is 5.11 Å². The molecule has 0 aliphatic rings. The fourth-order valence-corrected chi connectivity index (χ4v) is 2.57. The summed E-state index contributed by atoms with van der Waals surface area (Å²) in [5.74, 6) is 0.956. The molecule has 0 aromatic heterocycles. The predicted octanol–water partition coefficient (Wildman–Crippen LogP) is 3.62. The van der Waals surface area contributed by atoms with Crippen molar-refractivity contribution in [2.45, 2.75) is 53.1 Å². The van der Waals surface area contributed by atoms with Crippen molar-refractivity contribution in [2.75, 3.05) is 12.3 Å². The topological polar surface area (TPSA) is 49.5 Å². The monoisotopic (exact) mass is 264 g/mol. The minimum Gasteiger partial charge on any atom is -0.508 e. The van der Waals surface area contributed by atoms with Gasteiger partial charge in [0.15, 0.2) is 0 Å². The van der Waals surface area contributed by atoms with Gasteiger partial charge in [-0.15, -0.1) is 0 Å². The summed E-state index contributed by atoms with van der Waals surface area (Å²) in [5, 5.41) is 9.96. The smallest absolute Gasteiger partial charge is 0.120 e. The molecule has 0 amide bonds. The van der Waals surface area contributed by atoms with Crippen LogP contribution in [-0.4, -0.2) is 22.6 Å². The van der Waals surface area contributed by atoms with Gasteiger partial charge >= 0.3 is 0 Å². The summed E-state index contributed by atoms with van der Waals surface area (Å²) >= 11 is 0. The molecule has 0 spiro atoms. The summed E-state index contributed by atoms with van der Waals surface area (Å²) in [6.07, 6.45) is 2.26. The summed E-state index contributed by atoms with van der Waals surface area (Å²) in [6.45, 7) is 10.7. The van der Waals surface area contributed by atoms with E-state index >= 15 is 0 Å². The molecular weight excluding hydrogens is 236 g/mol. The molecule has 0 saturated heterocycles. The molecule has 0 aliphatic carbocycles. The van der Waals surface area contributed by atoms with Crippen LogP contribution in [-0.2, 0) is 6.54 Å². The maximum absolute atomic E-state index is 9.96. The van der Waals surface area contributed by atoms with Gasteiger partial charge in [-0.3, -0.25) is 4.90 Å². The lowest BCUT2D eigenvalue weighted by Crippen LogP contribution is -2.36. The molecule has 0 aliphatic heterocycles. The van der Waals surface area contributed by atoms with Gasteiger partial charge in [-0.05, 0) is 37.0 Å². The fourth-order valence-electron chi connectivity index (χ4n) is 2.57. The van der Waals surface area contributed by atoms with Crippen molar-refractivity contribution >= 4 is 5.69 Å². The highest BCUT2D eigenvalue weighted by Gasteiger charge is 2.18. The predicted molar refractivity (Wildman–Crippen MR) is 82.1 cm³/mol. The lowest BCUT2D eigenvalue weighted by atomic mass is 10.1. The number of phenolic OH excluding ortho intramolecular Hbond substituents is 1. The Labute approximate surface area is 117 Å². The molecule has 0 saturated carbocycles. The molecule has 0 unspecified atom stereocenters. The van der Waals surface area contributed by atoms with Crippen LogP contribution < -0.4 is 5.73 Å². The van der Waals surface area contributed by atoms with E-state index in [2.05, 4.69) is 32.6 Å². The average molecular weight is 264 g/mol. The van der Waals surface area contributed by atoms with Gasteiger partial charge in [-0.1, -0.05) is 27.7 Å². The number of hydrogen-bond acceptors (Lipinski definition) is 3. The van der Waals surface area contributed by atoms with Crippen molar-refractivity contribution in [2.24, 2.45) is 5.92 Å². The summed E-state index contributed by atoms with van der Waals surface area (Å²) in [4.78, 5) is 2.46. The van der Waals surface area contributed by atoms with Crippen LogP contribution in [0.25, 0.3) is 0 Å². The Morgan fingerprint density at radius 1 is 1.21 bits per heavy atom. The zero-order chi connectivity index (χ0) is 14.4. The Morgan fingerprint density at radius 2 is 1.84 bits per heavy atom. The van der Waals surface area contributed by atoms with E-state index in [1.54, 1.807) is 12.1 Å². The normalized spacial score (nSPS) is 11.7. The standard InChI is InChI=1S/C16H28N2O/c1-5-15(6-2)18(10-12(3)4)11-13-9-14(17)7-8-16(13)19/h7-9,12,15,19H,5-6,10-11,17H2,1-4H3. The van der Waals surface area contributed by atoms with E-state index in [4.69, 9.17) is 5.73 Å². The Morgan fingerprint density at radius 3 is 2.37 bits per heavy atom. The number of anilines is 1. The highest BCUT2D eigenvalue weighted by atomic mass is 16.3. The number of nitrogens with two attached hydrogens (primary N) is 1. The van der Waals surface area contributed by atoms with Gasteiger partial charge in [-0.25, -0.2) is 0 Å². The molecule has 1 aromatic rings. The van der Waals surface area contributed by atoms with E-state index in [0.717, 1.165) is 31.5 Å². The quantitative estimate of drug-likeness (QED) is 0.584. The Balaban J connectivity index is 2.89. The highest BCUT2D eigenvalue weighted by molar-refractivity contribution is 5.47. The molecule has 19 heavy (non-hydrogen) atoms. The van der Waals surface area contributed by atoms with Crippen molar-refractivity contribution in [3.63, 3.8) is 0 Å². The third-order valence-corrected chi connectivity index (χ3v) is 3.54. The number of aromatic hydroxyl groups is 1. The molecule has 3 N–H and O–H groups in total. The van der Waals surface area contributed by atoms with Crippen LogP contribution in [0, 0.1) is 5.92 Å². The first-order chi connectivity index (χ1) is 8.97. The lowest BCUT2D eigenvalue weighted by molar-refractivity contribution is 0.156. The molecule has 0 atom stereocenters. The first kappa shape index (κ1) is 15.8. The van der Waals surface area contributed by atoms with Gasteiger partial charge < -0.3 is 10.8 Å². The van der Waals surface area contributed by atoms with E-state index in [0.29, 0.717) is 23.4 Å². The summed E-state index contributed by atoms with van der Waals surface area (Å²) in [6, 6.07) is 5.86. The van der Waals surface area contributed by atoms with E-state index in [-0.39, 0.29) is 0 Å². The number of nitrogen functional groups attached to an aromatic ring is 1. The zero-order valence-electron chi connectivity index (χ0n) is 12.7. The van der Waals surface area contributed by atoms with Crippen molar-refractivity contribution in [3.8, 4) is 5.75 Å². The van der Waals surface area contributed by atoms with Gasteiger partial charge in [0.1, 0.15) is 5.75 Å². The fraction of sp³-hybridized carbons (Fsp3) is 0.625. The average Bonchev–Trinajstić information content (AvgIpc) is 2.34. The Hall–Kier alpha value is -1.22. The van der Waals surface area contributed by atoms with E-state index in [1.165, 1.54) is 0 Å². The second-order valence-electron chi connectivity index (χ2n) is 5.68. The molecule has 1 aromatic carbocycles. The summed E-state index contributed by atoms with van der Waals surface area (Å²) in [7, 11) is 0. The molecule has 3 heteroatoms. The van der Waals surface area contributed by atoms with Gasteiger partial charge in [0.05, 0.1) is 0 Å². The second-order valence-corrected chi connectivity index (χ2v) is 5.68. The molecular formula is C16H28N2O. The van der Waals surface area contributed by atoms with Crippen LogP contribution in [0.5, 0.6) is 5.75 Å². The second kappa shape index (κ2) is 7.39. The molecule has 0 radical (unpaired) electrons. The maximum Gasteiger partial charge on any atom is 0.120 e. The SMILES string of the molecule is CCC(CC)N(Cc1cc(N)ccc1O)CC(C)C. The number of nitrogens with zero attached hydrogens (tertiary/aromatic N) is 1. The van der Waals surface area contributed by atoms with Crippen LogP contribution in [0.3, 0.4) is 0 Å². The Bertz CT molecular complexity index is 386. The van der Waals surface area contributed by atoms with Gasteiger partial charge in [0.2, 0.25) is 0 Å². The molecule has 108 valence electrons.